The first kappa shape index (κ1) is 17.2. The van der Waals surface area contributed by atoms with E-state index in [1.807, 2.05) is 0 Å². The highest BCUT2D eigenvalue weighted by Gasteiger charge is 2.49. The molecule has 0 spiro atoms. The highest BCUT2D eigenvalue weighted by Crippen LogP contribution is 2.43. The molecule has 1 saturated heterocycles. The zero-order valence-corrected chi connectivity index (χ0v) is 14.4. The van der Waals surface area contributed by atoms with Gasteiger partial charge >= 0.3 is 0 Å². The lowest BCUT2D eigenvalue weighted by molar-refractivity contribution is -0.0263. The summed E-state index contributed by atoms with van der Waals surface area (Å²) in [5.41, 5.74) is 0.611. The number of ether oxygens (including phenoxy) is 2. The molecule has 0 aromatic rings. The van der Waals surface area contributed by atoms with Crippen LogP contribution in [0.5, 0.6) is 0 Å². The Bertz CT molecular complexity index is 316. The van der Waals surface area contributed by atoms with Gasteiger partial charge in [-0.2, -0.15) is 0 Å². The lowest BCUT2D eigenvalue weighted by Gasteiger charge is -2.54. The van der Waals surface area contributed by atoms with Crippen LogP contribution in [0, 0.1) is 5.92 Å². The minimum atomic E-state index is 0.305. The van der Waals surface area contributed by atoms with E-state index < -0.39 is 0 Å². The molecule has 1 saturated carbocycles. The molecule has 1 atom stereocenters. The average Bonchev–Trinajstić information content (AvgIpc) is 3.33. The molecule has 0 radical (unpaired) electrons. The summed E-state index contributed by atoms with van der Waals surface area (Å²) in [4.78, 5) is 2.70. The largest absolute Gasteiger partial charge is 0.382 e. The quantitative estimate of drug-likeness (QED) is 0.662. The minimum absolute atomic E-state index is 0.305. The van der Waals surface area contributed by atoms with E-state index in [0.29, 0.717) is 24.3 Å². The van der Waals surface area contributed by atoms with Crippen molar-refractivity contribution in [3.05, 3.63) is 0 Å². The van der Waals surface area contributed by atoms with Crippen LogP contribution < -0.4 is 5.32 Å². The van der Waals surface area contributed by atoms with E-state index in [1.165, 1.54) is 25.7 Å². The lowest BCUT2D eigenvalue weighted by atomic mass is 9.81. The van der Waals surface area contributed by atoms with Gasteiger partial charge in [-0.05, 0) is 38.5 Å². The first-order valence-corrected chi connectivity index (χ1v) is 8.67. The molecule has 0 amide bonds. The van der Waals surface area contributed by atoms with Crippen molar-refractivity contribution in [2.24, 2.45) is 5.92 Å². The lowest BCUT2D eigenvalue weighted by Crippen LogP contribution is -2.70. The van der Waals surface area contributed by atoms with E-state index in [0.717, 1.165) is 32.2 Å². The molecule has 1 aliphatic carbocycles. The van der Waals surface area contributed by atoms with Crippen LogP contribution in [-0.4, -0.2) is 62.5 Å². The SMILES string of the molecule is CCC1(CC)CNC(C)(C2CC2)CN1CCOCCOC. The zero-order valence-electron chi connectivity index (χ0n) is 14.4. The molecule has 0 aromatic heterocycles. The van der Waals surface area contributed by atoms with Crippen LogP contribution in [-0.2, 0) is 9.47 Å². The van der Waals surface area contributed by atoms with E-state index in [9.17, 15) is 0 Å². The van der Waals surface area contributed by atoms with Crippen molar-refractivity contribution in [3.63, 3.8) is 0 Å². The van der Waals surface area contributed by atoms with Crippen LogP contribution in [0.4, 0.5) is 0 Å². The summed E-state index contributed by atoms with van der Waals surface area (Å²) in [5, 5.41) is 3.89. The van der Waals surface area contributed by atoms with Gasteiger partial charge in [0.15, 0.2) is 0 Å². The normalized spacial score (nSPS) is 29.7. The van der Waals surface area contributed by atoms with Gasteiger partial charge in [0.2, 0.25) is 0 Å². The second-order valence-electron chi connectivity index (χ2n) is 7.00. The monoisotopic (exact) mass is 298 g/mol. The van der Waals surface area contributed by atoms with Gasteiger partial charge in [0.1, 0.15) is 0 Å². The molecule has 124 valence electrons. The van der Waals surface area contributed by atoms with Crippen molar-refractivity contribution in [1.82, 2.24) is 10.2 Å². The van der Waals surface area contributed by atoms with Gasteiger partial charge in [-0.3, -0.25) is 4.90 Å². The molecule has 1 heterocycles. The summed E-state index contributed by atoms with van der Waals surface area (Å²) < 4.78 is 10.8. The van der Waals surface area contributed by atoms with Gasteiger partial charge in [0.25, 0.3) is 0 Å². The summed E-state index contributed by atoms with van der Waals surface area (Å²) in [5.74, 6) is 0.876. The Labute approximate surface area is 130 Å². The van der Waals surface area contributed by atoms with E-state index in [4.69, 9.17) is 9.47 Å². The summed E-state index contributed by atoms with van der Waals surface area (Å²) in [7, 11) is 1.72. The Balaban J connectivity index is 1.92. The van der Waals surface area contributed by atoms with Gasteiger partial charge in [-0.1, -0.05) is 13.8 Å². The maximum absolute atomic E-state index is 5.72. The van der Waals surface area contributed by atoms with Gasteiger partial charge < -0.3 is 14.8 Å². The second kappa shape index (κ2) is 7.40. The third-order valence-corrected chi connectivity index (χ3v) is 5.74. The zero-order chi connectivity index (χ0) is 15.3. The summed E-state index contributed by atoms with van der Waals surface area (Å²) in [6.07, 6.45) is 5.20. The number of piperazine rings is 1. The summed E-state index contributed by atoms with van der Waals surface area (Å²) in [6, 6.07) is 0. The number of hydrogen-bond donors (Lipinski definition) is 1. The Morgan fingerprint density at radius 3 is 2.43 bits per heavy atom. The fraction of sp³-hybridized carbons (Fsp3) is 1.00. The van der Waals surface area contributed by atoms with E-state index in [-0.39, 0.29) is 0 Å². The molecule has 2 fully saturated rings. The molecule has 1 aliphatic heterocycles. The van der Waals surface area contributed by atoms with E-state index in [2.05, 4.69) is 31.0 Å². The molecular formula is C17H34N2O2. The van der Waals surface area contributed by atoms with Crippen LogP contribution in [0.15, 0.2) is 0 Å². The fourth-order valence-electron chi connectivity index (χ4n) is 3.77. The van der Waals surface area contributed by atoms with Crippen LogP contribution in [0.25, 0.3) is 0 Å². The number of hydrogen-bond acceptors (Lipinski definition) is 4. The number of methoxy groups -OCH3 is 1. The first-order chi connectivity index (χ1) is 10.1. The third-order valence-electron chi connectivity index (χ3n) is 5.74. The van der Waals surface area contributed by atoms with E-state index in [1.54, 1.807) is 7.11 Å². The molecule has 1 unspecified atom stereocenters. The van der Waals surface area contributed by atoms with Crippen molar-refractivity contribution < 1.29 is 9.47 Å². The van der Waals surface area contributed by atoms with Crippen molar-refractivity contribution in [3.8, 4) is 0 Å². The van der Waals surface area contributed by atoms with Gasteiger partial charge in [-0.15, -0.1) is 0 Å². The summed E-state index contributed by atoms with van der Waals surface area (Å²) in [6.45, 7) is 12.6. The van der Waals surface area contributed by atoms with Crippen LogP contribution in [0.3, 0.4) is 0 Å². The standard InChI is InChI=1S/C17H34N2O2/c1-5-17(6-2)13-18-16(3,15-7-8-15)14-19(17)9-10-21-12-11-20-4/h15,18H,5-14H2,1-4H3. The van der Waals surface area contributed by atoms with Crippen molar-refractivity contribution >= 4 is 0 Å². The second-order valence-corrected chi connectivity index (χ2v) is 7.00. The smallest absolute Gasteiger partial charge is 0.0700 e. The fourth-order valence-corrected chi connectivity index (χ4v) is 3.77. The molecule has 2 aliphatic rings. The van der Waals surface area contributed by atoms with Crippen molar-refractivity contribution in [1.29, 1.82) is 0 Å². The topological polar surface area (TPSA) is 33.7 Å². The van der Waals surface area contributed by atoms with Gasteiger partial charge in [-0.25, -0.2) is 0 Å². The summed E-state index contributed by atoms with van der Waals surface area (Å²) >= 11 is 0. The Morgan fingerprint density at radius 2 is 1.86 bits per heavy atom. The first-order valence-electron chi connectivity index (χ1n) is 8.67. The van der Waals surface area contributed by atoms with Crippen molar-refractivity contribution in [2.45, 2.75) is 57.5 Å². The molecule has 0 bridgehead atoms. The predicted molar refractivity (Wildman–Crippen MR) is 86.7 cm³/mol. The molecule has 1 N–H and O–H groups in total. The Morgan fingerprint density at radius 1 is 1.14 bits per heavy atom. The van der Waals surface area contributed by atoms with E-state index >= 15 is 0 Å². The molecular weight excluding hydrogens is 264 g/mol. The van der Waals surface area contributed by atoms with Crippen LogP contribution in [0.2, 0.25) is 0 Å². The molecule has 21 heavy (non-hydrogen) atoms. The molecule has 4 nitrogen and oxygen atoms in total. The Kier molecular flexibility index (Phi) is 6.06. The molecule has 4 heteroatoms. The van der Waals surface area contributed by atoms with Gasteiger partial charge in [0, 0.05) is 37.8 Å². The number of nitrogens with zero attached hydrogens (tertiary/aromatic N) is 1. The molecule has 2 rings (SSSR count). The van der Waals surface area contributed by atoms with Crippen LogP contribution in [0.1, 0.15) is 46.5 Å². The highest BCUT2D eigenvalue weighted by atomic mass is 16.5. The molecule has 0 aromatic carbocycles. The third kappa shape index (κ3) is 3.98. The minimum Gasteiger partial charge on any atom is -0.382 e. The number of nitrogens with one attached hydrogen (secondary N) is 1. The van der Waals surface area contributed by atoms with Crippen molar-refractivity contribution in [2.75, 3.05) is 46.6 Å². The maximum atomic E-state index is 5.72. The predicted octanol–water partition coefficient (Wildman–Crippen LogP) is 2.28. The maximum Gasteiger partial charge on any atom is 0.0700 e. The van der Waals surface area contributed by atoms with Crippen LogP contribution >= 0.6 is 0 Å². The number of rotatable bonds is 9. The van der Waals surface area contributed by atoms with Gasteiger partial charge in [0.05, 0.1) is 19.8 Å². The average molecular weight is 298 g/mol. The Hall–Kier alpha value is -0.160. The highest BCUT2D eigenvalue weighted by molar-refractivity contribution is 5.08.